The lowest BCUT2D eigenvalue weighted by molar-refractivity contribution is 0.177. The van der Waals surface area contributed by atoms with Crippen molar-refractivity contribution in [2.45, 2.75) is 78.1 Å². The fraction of sp³-hybridized carbons (Fsp3) is 0.556. The Balaban J connectivity index is 1.55. The van der Waals surface area contributed by atoms with Gasteiger partial charge in [-0.2, -0.15) is 0 Å². The van der Waals surface area contributed by atoms with Gasteiger partial charge in [-0.3, -0.25) is 0 Å². The Kier molecular flexibility index (Phi) is 9.05. The molecule has 1 aliphatic carbocycles. The molecular weight excluding hydrogens is 395 g/mol. The van der Waals surface area contributed by atoms with Gasteiger partial charge in [-0.1, -0.05) is 94.7 Å². The number of ether oxygens (including phenoxy) is 1. The molecule has 2 aromatic carbocycles. The molecule has 1 fully saturated rings. The summed E-state index contributed by atoms with van der Waals surface area (Å²) < 4.78 is 20.9. The van der Waals surface area contributed by atoms with Gasteiger partial charge < -0.3 is 4.74 Å². The highest BCUT2D eigenvalue weighted by Crippen LogP contribution is 2.36. The third kappa shape index (κ3) is 6.23. The Morgan fingerprint density at radius 2 is 1.60 bits per heavy atom. The zero-order valence-electron chi connectivity index (χ0n) is 18.6. The first-order valence-corrected chi connectivity index (χ1v) is 12.2. The van der Waals surface area contributed by atoms with E-state index in [1.165, 1.54) is 56.9 Å². The van der Waals surface area contributed by atoms with Crippen molar-refractivity contribution in [3.8, 4) is 16.9 Å². The second-order valence-corrected chi connectivity index (χ2v) is 9.26. The number of hydrogen-bond donors (Lipinski definition) is 0. The first kappa shape index (κ1) is 23.1. The van der Waals surface area contributed by atoms with Crippen LogP contribution in [0, 0.1) is 17.7 Å². The standard InChI is InChI=1S/C27H36ClFO/c1-3-5-6-8-21-9-11-22(12-10-21)19-30-25-18-17-24(27(29)26(25)28)23-15-13-20(7-4-2)14-16-23/h13-18,21-22H,3-12,19H2,1-2H3. The maximum absolute atomic E-state index is 14.9. The van der Waals surface area contributed by atoms with Gasteiger partial charge in [-0.15, -0.1) is 0 Å². The van der Waals surface area contributed by atoms with Crippen LogP contribution in [0.1, 0.15) is 77.2 Å². The first-order valence-electron chi connectivity index (χ1n) is 11.8. The molecule has 1 saturated carbocycles. The van der Waals surface area contributed by atoms with Crippen molar-refractivity contribution in [1.82, 2.24) is 0 Å². The van der Waals surface area contributed by atoms with E-state index in [-0.39, 0.29) is 5.02 Å². The molecule has 0 N–H and O–H groups in total. The molecule has 164 valence electrons. The van der Waals surface area contributed by atoms with Gasteiger partial charge in [-0.05, 0) is 54.4 Å². The Hall–Kier alpha value is -1.54. The molecule has 0 spiro atoms. The lowest BCUT2D eigenvalue weighted by Crippen LogP contribution is -2.20. The minimum atomic E-state index is -0.392. The van der Waals surface area contributed by atoms with Gasteiger partial charge in [0.15, 0.2) is 5.82 Å². The molecule has 0 saturated heterocycles. The molecule has 0 atom stereocenters. The van der Waals surface area contributed by atoms with Gasteiger partial charge in [0.05, 0.1) is 6.61 Å². The summed E-state index contributed by atoms with van der Waals surface area (Å²) in [4.78, 5) is 0. The van der Waals surface area contributed by atoms with E-state index in [9.17, 15) is 4.39 Å². The van der Waals surface area contributed by atoms with E-state index in [4.69, 9.17) is 16.3 Å². The normalized spacial score (nSPS) is 19.1. The average Bonchev–Trinajstić information content (AvgIpc) is 2.77. The largest absolute Gasteiger partial charge is 0.492 e. The third-order valence-corrected chi connectivity index (χ3v) is 6.86. The molecule has 1 aliphatic rings. The van der Waals surface area contributed by atoms with Crippen molar-refractivity contribution in [2.75, 3.05) is 6.61 Å². The maximum atomic E-state index is 14.9. The van der Waals surface area contributed by atoms with Crippen LogP contribution in [-0.4, -0.2) is 6.61 Å². The van der Waals surface area contributed by atoms with E-state index in [1.54, 1.807) is 6.07 Å². The van der Waals surface area contributed by atoms with Gasteiger partial charge in [0.2, 0.25) is 0 Å². The van der Waals surface area contributed by atoms with E-state index >= 15 is 0 Å². The van der Waals surface area contributed by atoms with Crippen molar-refractivity contribution in [3.05, 3.63) is 52.8 Å². The van der Waals surface area contributed by atoms with Crippen molar-refractivity contribution >= 4 is 11.6 Å². The van der Waals surface area contributed by atoms with E-state index in [1.807, 2.05) is 18.2 Å². The van der Waals surface area contributed by atoms with E-state index in [0.717, 1.165) is 24.3 Å². The minimum absolute atomic E-state index is 0.0957. The molecule has 0 bridgehead atoms. The fourth-order valence-corrected chi connectivity index (χ4v) is 4.80. The van der Waals surface area contributed by atoms with E-state index < -0.39 is 5.82 Å². The molecule has 2 aromatic rings. The third-order valence-electron chi connectivity index (χ3n) is 6.51. The summed E-state index contributed by atoms with van der Waals surface area (Å²) in [5.74, 6) is 1.51. The van der Waals surface area contributed by atoms with E-state index in [2.05, 4.69) is 26.0 Å². The molecule has 0 amide bonds. The van der Waals surface area contributed by atoms with Crippen LogP contribution < -0.4 is 4.74 Å². The van der Waals surface area contributed by atoms with Crippen LogP contribution in [0.4, 0.5) is 4.39 Å². The highest BCUT2D eigenvalue weighted by Gasteiger charge is 2.22. The maximum Gasteiger partial charge on any atom is 0.153 e. The average molecular weight is 431 g/mol. The quantitative estimate of drug-likeness (QED) is 0.342. The number of aryl methyl sites for hydroxylation is 1. The lowest BCUT2D eigenvalue weighted by Gasteiger charge is -2.28. The van der Waals surface area contributed by atoms with Gasteiger partial charge >= 0.3 is 0 Å². The number of rotatable bonds is 10. The van der Waals surface area contributed by atoms with Crippen molar-refractivity contribution in [3.63, 3.8) is 0 Å². The summed E-state index contributed by atoms with van der Waals surface area (Å²) in [7, 11) is 0. The topological polar surface area (TPSA) is 9.23 Å². The SMILES string of the molecule is CCCCCC1CCC(COc2ccc(-c3ccc(CCC)cc3)c(F)c2Cl)CC1. The monoisotopic (exact) mass is 430 g/mol. The number of halogens is 2. The summed E-state index contributed by atoms with van der Waals surface area (Å²) in [5.41, 5.74) is 2.65. The van der Waals surface area contributed by atoms with Crippen LogP contribution in [0.5, 0.6) is 5.75 Å². The molecule has 1 nitrogen and oxygen atoms in total. The van der Waals surface area contributed by atoms with Crippen LogP contribution in [-0.2, 0) is 6.42 Å². The van der Waals surface area contributed by atoms with Gasteiger partial charge in [-0.25, -0.2) is 4.39 Å². The van der Waals surface area contributed by atoms with Crippen LogP contribution in [0.3, 0.4) is 0 Å². The summed E-state index contributed by atoms with van der Waals surface area (Å²) in [6.07, 6.45) is 12.5. The summed E-state index contributed by atoms with van der Waals surface area (Å²) >= 11 is 6.34. The predicted octanol–water partition coefficient (Wildman–Crippen LogP) is 8.86. The van der Waals surface area contributed by atoms with Gasteiger partial charge in [0.1, 0.15) is 10.8 Å². The minimum Gasteiger partial charge on any atom is -0.492 e. The molecular formula is C27H36ClFO. The van der Waals surface area contributed by atoms with Crippen molar-refractivity contribution < 1.29 is 9.13 Å². The van der Waals surface area contributed by atoms with Crippen LogP contribution in [0.15, 0.2) is 36.4 Å². The van der Waals surface area contributed by atoms with E-state index in [0.29, 0.717) is 23.8 Å². The smallest absolute Gasteiger partial charge is 0.153 e. The summed E-state index contributed by atoms with van der Waals surface area (Å²) in [5, 5.41) is 0.0957. The number of unbranched alkanes of at least 4 members (excludes halogenated alkanes) is 2. The first-order chi connectivity index (χ1) is 14.6. The second-order valence-electron chi connectivity index (χ2n) is 8.88. The zero-order chi connectivity index (χ0) is 21.3. The summed E-state index contributed by atoms with van der Waals surface area (Å²) in [6, 6.07) is 11.7. The molecule has 30 heavy (non-hydrogen) atoms. The molecule has 0 unspecified atom stereocenters. The zero-order valence-corrected chi connectivity index (χ0v) is 19.3. The second kappa shape index (κ2) is 11.7. The molecule has 3 rings (SSSR count). The molecule has 3 heteroatoms. The van der Waals surface area contributed by atoms with Crippen LogP contribution in [0.25, 0.3) is 11.1 Å². The van der Waals surface area contributed by atoms with Crippen LogP contribution in [0.2, 0.25) is 5.02 Å². The number of hydrogen-bond acceptors (Lipinski definition) is 1. The van der Waals surface area contributed by atoms with Crippen molar-refractivity contribution in [2.24, 2.45) is 11.8 Å². The Morgan fingerprint density at radius 3 is 2.27 bits per heavy atom. The molecule has 0 aromatic heterocycles. The molecule has 0 heterocycles. The highest BCUT2D eigenvalue weighted by atomic mass is 35.5. The lowest BCUT2D eigenvalue weighted by atomic mass is 9.80. The molecule has 0 radical (unpaired) electrons. The van der Waals surface area contributed by atoms with Crippen molar-refractivity contribution in [1.29, 1.82) is 0 Å². The number of benzene rings is 2. The highest BCUT2D eigenvalue weighted by molar-refractivity contribution is 6.32. The Labute approximate surface area is 187 Å². The molecule has 0 aliphatic heterocycles. The Bertz CT molecular complexity index is 778. The summed E-state index contributed by atoms with van der Waals surface area (Å²) in [6.45, 7) is 5.05. The predicted molar refractivity (Wildman–Crippen MR) is 126 cm³/mol. The fourth-order valence-electron chi connectivity index (χ4n) is 4.58. The van der Waals surface area contributed by atoms with Crippen LogP contribution >= 0.6 is 11.6 Å². The van der Waals surface area contributed by atoms with Gasteiger partial charge in [0.25, 0.3) is 0 Å². The Morgan fingerprint density at radius 1 is 0.900 bits per heavy atom. The van der Waals surface area contributed by atoms with Gasteiger partial charge in [0, 0.05) is 5.56 Å².